The number of carbonyl (C=O) groups is 1. The van der Waals surface area contributed by atoms with Crippen LogP contribution in [0.25, 0.3) is 5.69 Å². The van der Waals surface area contributed by atoms with E-state index >= 15 is 0 Å². The van der Waals surface area contributed by atoms with Gasteiger partial charge in [-0.15, -0.1) is 0 Å². The molecule has 0 aliphatic carbocycles. The first-order chi connectivity index (χ1) is 9.58. The van der Waals surface area contributed by atoms with Crippen molar-refractivity contribution in [2.24, 2.45) is 5.92 Å². The van der Waals surface area contributed by atoms with Crippen LogP contribution >= 0.6 is 0 Å². The summed E-state index contributed by atoms with van der Waals surface area (Å²) in [5.74, 6) is 0.506. The summed E-state index contributed by atoms with van der Waals surface area (Å²) in [6, 6.07) is 11.5. The van der Waals surface area contributed by atoms with E-state index in [0.717, 1.165) is 17.8 Å². The van der Waals surface area contributed by atoms with Gasteiger partial charge in [0.05, 0.1) is 11.4 Å². The molecule has 0 aliphatic heterocycles. The molecular weight excluding hydrogens is 250 g/mol. The quantitative estimate of drug-likeness (QED) is 0.908. The summed E-state index contributed by atoms with van der Waals surface area (Å²) in [6.45, 7) is 6.87. The first-order valence-electron chi connectivity index (χ1n) is 6.98. The lowest BCUT2D eigenvalue weighted by atomic mass is 10.1. The van der Waals surface area contributed by atoms with Gasteiger partial charge in [-0.2, -0.15) is 5.10 Å². The van der Waals surface area contributed by atoms with E-state index in [4.69, 9.17) is 0 Å². The van der Waals surface area contributed by atoms with Crippen molar-refractivity contribution in [3.63, 3.8) is 0 Å². The molecule has 20 heavy (non-hydrogen) atoms. The molecule has 0 aliphatic rings. The number of para-hydroxylation sites is 1. The maximum absolute atomic E-state index is 12.3. The van der Waals surface area contributed by atoms with Gasteiger partial charge in [0.15, 0.2) is 0 Å². The average molecular weight is 271 g/mol. The Morgan fingerprint density at radius 3 is 2.65 bits per heavy atom. The van der Waals surface area contributed by atoms with E-state index < -0.39 is 0 Å². The first kappa shape index (κ1) is 14.3. The van der Waals surface area contributed by atoms with Crippen LogP contribution in [-0.2, 0) is 0 Å². The highest BCUT2D eigenvalue weighted by atomic mass is 16.2. The SMILES string of the molecule is Cc1cc(C(=O)NCCC(C)C)n(-c2ccccc2)n1. The third-order valence-corrected chi connectivity index (χ3v) is 3.07. The Morgan fingerprint density at radius 1 is 1.30 bits per heavy atom. The molecule has 0 saturated heterocycles. The Balaban J connectivity index is 2.18. The smallest absolute Gasteiger partial charge is 0.270 e. The van der Waals surface area contributed by atoms with Gasteiger partial charge in [0.1, 0.15) is 5.69 Å². The molecule has 106 valence electrons. The second kappa shape index (κ2) is 6.37. The number of aryl methyl sites for hydroxylation is 1. The summed E-state index contributed by atoms with van der Waals surface area (Å²) < 4.78 is 1.69. The second-order valence-electron chi connectivity index (χ2n) is 5.36. The fraction of sp³-hybridized carbons (Fsp3) is 0.375. The number of hydrogen-bond donors (Lipinski definition) is 1. The highest BCUT2D eigenvalue weighted by Crippen LogP contribution is 2.12. The molecule has 0 spiro atoms. The van der Waals surface area contributed by atoms with E-state index in [1.165, 1.54) is 0 Å². The van der Waals surface area contributed by atoms with E-state index in [1.807, 2.05) is 43.3 Å². The zero-order valence-corrected chi connectivity index (χ0v) is 12.3. The van der Waals surface area contributed by atoms with Crippen molar-refractivity contribution in [3.8, 4) is 5.69 Å². The summed E-state index contributed by atoms with van der Waals surface area (Å²) in [5.41, 5.74) is 2.31. The zero-order chi connectivity index (χ0) is 14.5. The highest BCUT2D eigenvalue weighted by Gasteiger charge is 2.14. The van der Waals surface area contributed by atoms with Crippen LogP contribution in [0.15, 0.2) is 36.4 Å². The van der Waals surface area contributed by atoms with Crippen LogP contribution in [-0.4, -0.2) is 22.2 Å². The summed E-state index contributed by atoms with van der Waals surface area (Å²) in [7, 11) is 0. The van der Waals surface area contributed by atoms with E-state index in [9.17, 15) is 4.79 Å². The van der Waals surface area contributed by atoms with Crippen molar-refractivity contribution in [2.75, 3.05) is 6.54 Å². The van der Waals surface area contributed by atoms with E-state index in [-0.39, 0.29) is 5.91 Å². The molecule has 0 unspecified atom stereocenters. The zero-order valence-electron chi connectivity index (χ0n) is 12.3. The molecule has 2 aromatic rings. The maximum Gasteiger partial charge on any atom is 0.270 e. The minimum Gasteiger partial charge on any atom is -0.351 e. The maximum atomic E-state index is 12.3. The van der Waals surface area contributed by atoms with Crippen molar-refractivity contribution in [3.05, 3.63) is 47.8 Å². The fourth-order valence-electron chi connectivity index (χ4n) is 1.99. The van der Waals surface area contributed by atoms with Crippen molar-refractivity contribution in [1.82, 2.24) is 15.1 Å². The summed E-state index contributed by atoms with van der Waals surface area (Å²) in [4.78, 5) is 12.3. The molecule has 0 bridgehead atoms. The number of benzene rings is 1. The fourth-order valence-corrected chi connectivity index (χ4v) is 1.99. The Bertz CT molecular complexity index is 573. The Morgan fingerprint density at radius 2 is 2.00 bits per heavy atom. The molecule has 1 amide bonds. The van der Waals surface area contributed by atoms with Crippen molar-refractivity contribution in [1.29, 1.82) is 0 Å². The molecule has 0 atom stereocenters. The van der Waals surface area contributed by atoms with E-state index in [1.54, 1.807) is 4.68 Å². The number of hydrogen-bond acceptors (Lipinski definition) is 2. The lowest BCUT2D eigenvalue weighted by Crippen LogP contribution is -2.27. The van der Waals surface area contributed by atoms with Gasteiger partial charge < -0.3 is 5.32 Å². The largest absolute Gasteiger partial charge is 0.351 e. The van der Waals surface area contributed by atoms with Gasteiger partial charge >= 0.3 is 0 Å². The van der Waals surface area contributed by atoms with Gasteiger partial charge in [-0.25, -0.2) is 4.68 Å². The Hall–Kier alpha value is -2.10. The van der Waals surface area contributed by atoms with Crippen LogP contribution in [0.1, 0.15) is 36.5 Å². The van der Waals surface area contributed by atoms with E-state index in [2.05, 4.69) is 24.3 Å². The van der Waals surface area contributed by atoms with Crippen molar-refractivity contribution in [2.45, 2.75) is 27.2 Å². The topological polar surface area (TPSA) is 46.9 Å². The number of carbonyl (C=O) groups excluding carboxylic acids is 1. The standard InChI is InChI=1S/C16H21N3O/c1-12(2)9-10-17-16(20)15-11-13(3)18-19(15)14-7-5-4-6-8-14/h4-8,11-12H,9-10H2,1-3H3,(H,17,20). The Labute approximate surface area is 119 Å². The second-order valence-corrected chi connectivity index (χ2v) is 5.36. The van der Waals surface area contributed by atoms with Crippen LogP contribution < -0.4 is 5.32 Å². The highest BCUT2D eigenvalue weighted by molar-refractivity contribution is 5.93. The summed E-state index contributed by atoms with van der Waals surface area (Å²) >= 11 is 0. The van der Waals surface area contributed by atoms with Gasteiger partial charge in [0.2, 0.25) is 0 Å². The van der Waals surface area contributed by atoms with Crippen LogP contribution in [0.4, 0.5) is 0 Å². The molecule has 0 radical (unpaired) electrons. The third kappa shape index (κ3) is 3.47. The summed E-state index contributed by atoms with van der Waals surface area (Å²) in [6.07, 6.45) is 0.976. The number of nitrogens with one attached hydrogen (secondary N) is 1. The van der Waals surface area contributed by atoms with E-state index in [0.29, 0.717) is 18.2 Å². The molecule has 0 saturated carbocycles. The van der Waals surface area contributed by atoms with Gasteiger partial charge in [-0.05, 0) is 37.5 Å². The molecule has 1 heterocycles. The number of aromatic nitrogens is 2. The molecule has 2 rings (SSSR count). The van der Waals surface area contributed by atoms with Crippen LogP contribution in [0.5, 0.6) is 0 Å². The van der Waals surface area contributed by atoms with Crippen LogP contribution in [0, 0.1) is 12.8 Å². The molecule has 1 aromatic carbocycles. The number of rotatable bonds is 5. The molecule has 1 aromatic heterocycles. The van der Waals surface area contributed by atoms with Gasteiger partial charge in [-0.1, -0.05) is 32.0 Å². The molecular formula is C16H21N3O. The van der Waals surface area contributed by atoms with Gasteiger partial charge in [0, 0.05) is 6.54 Å². The molecule has 4 heteroatoms. The average Bonchev–Trinajstić information content (AvgIpc) is 2.81. The summed E-state index contributed by atoms with van der Waals surface area (Å²) in [5, 5.41) is 7.35. The minimum atomic E-state index is -0.0740. The number of nitrogens with zero attached hydrogens (tertiary/aromatic N) is 2. The predicted molar refractivity (Wildman–Crippen MR) is 80.1 cm³/mol. The lowest BCUT2D eigenvalue weighted by Gasteiger charge is -2.09. The van der Waals surface area contributed by atoms with Crippen LogP contribution in [0.3, 0.4) is 0 Å². The van der Waals surface area contributed by atoms with Crippen molar-refractivity contribution < 1.29 is 4.79 Å². The normalized spacial score (nSPS) is 10.8. The first-order valence-corrected chi connectivity index (χ1v) is 6.98. The van der Waals surface area contributed by atoms with Gasteiger partial charge in [-0.3, -0.25) is 4.79 Å². The van der Waals surface area contributed by atoms with Gasteiger partial charge in [0.25, 0.3) is 5.91 Å². The predicted octanol–water partition coefficient (Wildman–Crippen LogP) is 2.96. The monoisotopic (exact) mass is 271 g/mol. The Kier molecular flexibility index (Phi) is 4.56. The molecule has 0 fully saturated rings. The van der Waals surface area contributed by atoms with Crippen molar-refractivity contribution >= 4 is 5.91 Å². The lowest BCUT2D eigenvalue weighted by molar-refractivity contribution is 0.0944. The third-order valence-electron chi connectivity index (χ3n) is 3.07. The van der Waals surface area contributed by atoms with Crippen LogP contribution in [0.2, 0.25) is 0 Å². The molecule has 1 N–H and O–H groups in total. The number of amides is 1. The molecule has 4 nitrogen and oxygen atoms in total. The minimum absolute atomic E-state index is 0.0740.